The molecule has 1 fully saturated rings. The molecule has 1 saturated heterocycles. The number of aryl methyl sites for hydroxylation is 2. The fourth-order valence-corrected chi connectivity index (χ4v) is 3.88. The van der Waals surface area contributed by atoms with Crippen LogP contribution in [0.5, 0.6) is 0 Å². The first-order valence-electron chi connectivity index (χ1n) is 7.96. The summed E-state index contributed by atoms with van der Waals surface area (Å²) in [7, 11) is 1.82. The van der Waals surface area contributed by atoms with Crippen LogP contribution < -0.4 is 10.6 Å². The molecule has 0 radical (unpaired) electrons. The molecular weight excluding hydrogens is 310 g/mol. The first kappa shape index (κ1) is 16.0. The van der Waals surface area contributed by atoms with E-state index in [-0.39, 0.29) is 12.1 Å². The fourth-order valence-electron chi connectivity index (χ4n) is 3.02. The molecule has 6 nitrogen and oxygen atoms in total. The van der Waals surface area contributed by atoms with Crippen molar-refractivity contribution in [1.82, 2.24) is 20.0 Å². The fraction of sp³-hybridized carbons (Fsp3) is 0.500. The molecule has 7 heteroatoms. The Labute approximate surface area is 140 Å². The van der Waals surface area contributed by atoms with Crippen LogP contribution in [0, 0.1) is 6.92 Å². The Kier molecular flexibility index (Phi) is 4.97. The van der Waals surface area contributed by atoms with Crippen molar-refractivity contribution in [2.75, 3.05) is 25.0 Å². The van der Waals surface area contributed by atoms with E-state index >= 15 is 0 Å². The molecule has 23 heavy (non-hydrogen) atoms. The lowest BCUT2D eigenvalue weighted by Crippen LogP contribution is -2.38. The molecule has 1 aliphatic heterocycles. The monoisotopic (exact) mass is 333 g/mol. The SMILES string of the molecule is Cc1cc(NC(=O)NC[C@H](c2cccs2)N2CCCC2)n(C)n1. The van der Waals surface area contributed by atoms with Crippen molar-refractivity contribution in [2.45, 2.75) is 25.8 Å². The maximum absolute atomic E-state index is 12.2. The molecule has 0 aliphatic carbocycles. The number of amides is 2. The second kappa shape index (κ2) is 7.14. The largest absolute Gasteiger partial charge is 0.336 e. The first-order valence-corrected chi connectivity index (χ1v) is 8.84. The lowest BCUT2D eigenvalue weighted by molar-refractivity contribution is 0.229. The van der Waals surface area contributed by atoms with E-state index in [9.17, 15) is 4.79 Å². The lowest BCUT2D eigenvalue weighted by Gasteiger charge is -2.26. The molecule has 0 unspecified atom stereocenters. The van der Waals surface area contributed by atoms with Gasteiger partial charge in [-0.1, -0.05) is 6.07 Å². The summed E-state index contributed by atoms with van der Waals surface area (Å²) in [5.41, 5.74) is 0.885. The standard InChI is InChI=1S/C16H23N5OS/c1-12-10-15(20(2)19-12)18-16(22)17-11-13(14-6-5-9-23-14)21-7-3-4-8-21/h5-6,9-10,13H,3-4,7-8,11H2,1-2H3,(H2,17,18,22)/t13-/m1/s1. The van der Waals surface area contributed by atoms with Gasteiger partial charge >= 0.3 is 6.03 Å². The highest BCUT2D eigenvalue weighted by molar-refractivity contribution is 7.10. The second-order valence-corrected chi connectivity index (χ2v) is 6.88. The van der Waals surface area contributed by atoms with E-state index in [2.05, 4.69) is 38.1 Å². The Hall–Kier alpha value is -1.86. The van der Waals surface area contributed by atoms with Crippen LogP contribution in [-0.4, -0.2) is 40.3 Å². The highest BCUT2D eigenvalue weighted by Crippen LogP contribution is 2.27. The summed E-state index contributed by atoms with van der Waals surface area (Å²) in [4.78, 5) is 16.0. The molecule has 1 atom stereocenters. The number of aromatic nitrogens is 2. The van der Waals surface area contributed by atoms with Crippen molar-refractivity contribution in [2.24, 2.45) is 7.05 Å². The number of carbonyl (C=O) groups excluding carboxylic acids is 1. The highest BCUT2D eigenvalue weighted by Gasteiger charge is 2.24. The van der Waals surface area contributed by atoms with E-state index in [0.717, 1.165) is 18.8 Å². The molecule has 2 aromatic rings. The van der Waals surface area contributed by atoms with Crippen LogP contribution in [0.15, 0.2) is 23.6 Å². The average molecular weight is 333 g/mol. The third-order valence-electron chi connectivity index (χ3n) is 4.15. The number of thiophene rings is 1. The molecule has 0 saturated carbocycles. The van der Waals surface area contributed by atoms with E-state index in [4.69, 9.17) is 0 Å². The average Bonchev–Trinajstić information content (AvgIpc) is 3.24. The number of anilines is 1. The summed E-state index contributed by atoms with van der Waals surface area (Å²) in [5.74, 6) is 0.703. The molecule has 0 spiro atoms. The molecule has 3 heterocycles. The van der Waals surface area contributed by atoms with E-state index in [1.54, 1.807) is 16.0 Å². The quantitative estimate of drug-likeness (QED) is 0.884. The smallest absolute Gasteiger partial charge is 0.320 e. The molecule has 0 aromatic carbocycles. The van der Waals surface area contributed by atoms with Crippen molar-refractivity contribution in [3.63, 3.8) is 0 Å². The molecule has 2 N–H and O–H groups in total. The van der Waals surface area contributed by atoms with Gasteiger partial charge in [-0.2, -0.15) is 5.10 Å². The van der Waals surface area contributed by atoms with Gasteiger partial charge in [0, 0.05) is 24.5 Å². The summed E-state index contributed by atoms with van der Waals surface area (Å²) in [5, 5.41) is 12.2. The minimum absolute atomic E-state index is 0.186. The summed E-state index contributed by atoms with van der Waals surface area (Å²) < 4.78 is 1.67. The Bertz CT molecular complexity index is 645. The number of likely N-dealkylation sites (tertiary alicyclic amines) is 1. The number of hydrogen-bond donors (Lipinski definition) is 2. The number of rotatable bonds is 5. The topological polar surface area (TPSA) is 62.2 Å². The van der Waals surface area contributed by atoms with Gasteiger partial charge in [-0.15, -0.1) is 11.3 Å². The van der Waals surface area contributed by atoms with Gasteiger partial charge in [0.2, 0.25) is 0 Å². The Balaban J connectivity index is 1.60. The van der Waals surface area contributed by atoms with Crippen LogP contribution >= 0.6 is 11.3 Å². The van der Waals surface area contributed by atoms with Gasteiger partial charge in [0.25, 0.3) is 0 Å². The molecule has 2 amide bonds. The van der Waals surface area contributed by atoms with Gasteiger partial charge < -0.3 is 5.32 Å². The van der Waals surface area contributed by atoms with Crippen molar-refractivity contribution >= 4 is 23.2 Å². The third kappa shape index (κ3) is 3.92. The van der Waals surface area contributed by atoms with Crippen LogP contribution in [0.1, 0.15) is 29.5 Å². The van der Waals surface area contributed by atoms with E-state index < -0.39 is 0 Å². The number of urea groups is 1. The Morgan fingerprint density at radius 1 is 1.43 bits per heavy atom. The van der Waals surface area contributed by atoms with E-state index in [0.29, 0.717) is 12.4 Å². The van der Waals surface area contributed by atoms with Crippen LogP contribution in [-0.2, 0) is 7.05 Å². The third-order valence-corrected chi connectivity index (χ3v) is 5.13. The van der Waals surface area contributed by atoms with Crippen molar-refractivity contribution in [3.8, 4) is 0 Å². The van der Waals surface area contributed by atoms with Crippen molar-refractivity contribution in [3.05, 3.63) is 34.2 Å². The van der Waals surface area contributed by atoms with Crippen LogP contribution in [0.25, 0.3) is 0 Å². The van der Waals surface area contributed by atoms with Crippen LogP contribution in [0.4, 0.5) is 10.6 Å². The molecule has 1 aliphatic rings. The maximum atomic E-state index is 12.2. The van der Waals surface area contributed by atoms with Crippen molar-refractivity contribution < 1.29 is 4.79 Å². The Morgan fingerprint density at radius 2 is 2.22 bits per heavy atom. The number of carbonyl (C=O) groups is 1. The number of hydrogen-bond acceptors (Lipinski definition) is 4. The van der Waals surface area contributed by atoms with Gasteiger partial charge in [-0.25, -0.2) is 4.79 Å². The molecule has 3 rings (SSSR count). The predicted molar refractivity (Wildman–Crippen MR) is 92.8 cm³/mol. The number of nitrogens with zero attached hydrogens (tertiary/aromatic N) is 3. The Morgan fingerprint density at radius 3 is 2.83 bits per heavy atom. The van der Waals surface area contributed by atoms with Gasteiger partial charge in [0.1, 0.15) is 5.82 Å². The minimum atomic E-state index is -0.186. The van der Waals surface area contributed by atoms with Crippen LogP contribution in [0.2, 0.25) is 0 Å². The zero-order valence-corrected chi connectivity index (χ0v) is 14.4. The number of nitrogens with one attached hydrogen (secondary N) is 2. The molecule has 2 aromatic heterocycles. The van der Waals surface area contributed by atoms with Crippen molar-refractivity contribution in [1.29, 1.82) is 0 Å². The molecule has 0 bridgehead atoms. The normalized spacial score (nSPS) is 16.4. The van der Waals surface area contributed by atoms with Gasteiger partial charge in [0.05, 0.1) is 11.7 Å². The molecule has 124 valence electrons. The van der Waals surface area contributed by atoms with Crippen LogP contribution in [0.3, 0.4) is 0 Å². The minimum Gasteiger partial charge on any atom is -0.336 e. The zero-order valence-electron chi connectivity index (χ0n) is 13.6. The zero-order chi connectivity index (χ0) is 16.2. The van der Waals surface area contributed by atoms with E-state index in [1.165, 1.54) is 17.7 Å². The summed E-state index contributed by atoms with van der Waals surface area (Å²) in [6.45, 7) is 4.73. The maximum Gasteiger partial charge on any atom is 0.320 e. The van der Waals surface area contributed by atoms with Gasteiger partial charge in [0.15, 0.2) is 0 Å². The lowest BCUT2D eigenvalue weighted by atomic mass is 10.2. The van der Waals surface area contributed by atoms with Gasteiger partial charge in [-0.05, 0) is 44.3 Å². The summed E-state index contributed by atoms with van der Waals surface area (Å²) >= 11 is 1.75. The molecular formula is C16H23N5OS. The van der Waals surface area contributed by atoms with E-state index in [1.807, 2.05) is 20.0 Å². The van der Waals surface area contributed by atoms with Gasteiger partial charge in [-0.3, -0.25) is 14.9 Å². The summed E-state index contributed by atoms with van der Waals surface area (Å²) in [6, 6.07) is 6.15. The second-order valence-electron chi connectivity index (χ2n) is 5.90. The first-order chi connectivity index (χ1) is 11.1. The highest BCUT2D eigenvalue weighted by atomic mass is 32.1. The summed E-state index contributed by atoms with van der Waals surface area (Å²) in [6.07, 6.45) is 2.48. The predicted octanol–water partition coefficient (Wildman–Crippen LogP) is 2.75.